The monoisotopic (exact) mass is 589 g/mol. The normalized spacial score (nSPS) is 26.7. The highest BCUT2D eigenvalue weighted by Gasteiger charge is 2.49. The van der Waals surface area contributed by atoms with E-state index in [4.69, 9.17) is 9.72 Å². The number of aromatic nitrogens is 3. The van der Waals surface area contributed by atoms with Gasteiger partial charge in [0.2, 0.25) is 0 Å². The Balaban J connectivity index is 1.29. The van der Waals surface area contributed by atoms with Crippen LogP contribution in [-0.2, 0) is 6.42 Å². The van der Waals surface area contributed by atoms with E-state index in [-0.39, 0.29) is 29.6 Å². The van der Waals surface area contributed by atoms with Crippen LogP contribution in [0, 0.1) is 11.6 Å². The number of phenolic OH excluding ortho intramolecular Hbond substituents is 1. The van der Waals surface area contributed by atoms with Gasteiger partial charge in [-0.1, -0.05) is 13.0 Å². The number of phenols is 1. The third-order valence-corrected chi connectivity index (χ3v) is 10.3. The Morgan fingerprint density at radius 2 is 1.88 bits per heavy atom. The number of ether oxygens (including phenoxy) is 1. The molecule has 4 aliphatic heterocycles. The fourth-order valence-corrected chi connectivity index (χ4v) is 8.41. The van der Waals surface area contributed by atoms with Gasteiger partial charge in [0.15, 0.2) is 5.82 Å². The number of aryl methyl sites for hydroxylation is 1. The van der Waals surface area contributed by atoms with Crippen LogP contribution in [0.25, 0.3) is 32.9 Å². The van der Waals surface area contributed by atoms with Gasteiger partial charge in [0.05, 0.1) is 10.9 Å². The van der Waals surface area contributed by atoms with E-state index in [0.29, 0.717) is 64.6 Å². The van der Waals surface area contributed by atoms with Crippen LogP contribution in [0.5, 0.6) is 11.8 Å². The zero-order chi connectivity index (χ0) is 29.5. The number of benzene rings is 2. The minimum Gasteiger partial charge on any atom is -0.508 e. The molecule has 4 aliphatic rings. The predicted molar refractivity (Wildman–Crippen MR) is 158 cm³/mol. The van der Waals surface area contributed by atoms with Crippen LogP contribution < -0.4 is 9.64 Å². The van der Waals surface area contributed by atoms with Crippen LogP contribution in [-0.4, -0.2) is 68.4 Å². The maximum absolute atomic E-state index is 16.8. The summed E-state index contributed by atoms with van der Waals surface area (Å²) in [4.78, 5) is 18.4. The van der Waals surface area contributed by atoms with Crippen molar-refractivity contribution in [3.63, 3.8) is 0 Å². The van der Waals surface area contributed by atoms with Crippen LogP contribution >= 0.6 is 0 Å². The number of nitrogens with zero attached hydrogens (tertiary/aromatic N) is 5. The Labute approximate surface area is 247 Å². The summed E-state index contributed by atoms with van der Waals surface area (Å²) in [6, 6.07) is 6.61. The molecule has 224 valence electrons. The maximum Gasteiger partial charge on any atom is 0.319 e. The zero-order valence-corrected chi connectivity index (χ0v) is 24.1. The summed E-state index contributed by atoms with van der Waals surface area (Å²) < 4.78 is 52.3. The third kappa shape index (κ3) is 4.16. The smallest absolute Gasteiger partial charge is 0.319 e. The second kappa shape index (κ2) is 9.94. The number of anilines is 1. The number of pyridine rings is 1. The summed E-state index contributed by atoms with van der Waals surface area (Å²) in [7, 11) is 0. The first-order valence-electron chi connectivity index (χ1n) is 15.5. The average molecular weight is 590 g/mol. The van der Waals surface area contributed by atoms with E-state index in [1.54, 1.807) is 18.3 Å². The summed E-state index contributed by atoms with van der Waals surface area (Å²) in [5.74, 6) is -0.530. The Morgan fingerprint density at radius 3 is 2.65 bits per heavy atom. The van der Waals surface area contributed by atoms with Gasteiger partial charge in [0.25, 0.3) is 0 Å². The molecule has 0 saturated carbocycles. The van der Waals surface area contributed by atoms with E-state index in [0.717, 1.165) is 45.1 Å². The Bertz CT molecular complexity index is 1750. The fourth-order valence-electron chi connectivity index (χ4n) is 8.41. The molecule has 10 heteroatoms. The second-order valence-corrected chi connectivity index (χ2v) is 12.7. The first-order chi connectivity index (χ1) is 20.8. The van der Waals surface area contributed by atoms with E-state index >= 15 is 4.39 Å². The number of aromatic hydroxyl groups is 1. The Hall–Kier alpha value is -3.66. The lowest BCUT2D eigenvalue weighted by Gasteiger charge is -2.31. The average Bonchev–Trinajstić information content (AvgIpc) is 3.76. The van der Waals surface area contributed by atoms with E-state index in [2.05, 4.69) is 19.8 Å². The lowest BCUT2D eigenvalue weighted by molar-refractivity contribution is 0.107. The maximum atomic E-state index is 16.8. The molecule has 4 saturated heterocycles. The molecule has 1 N–H and O–H groups in total. The molecule has 2 atom stereocenters. The van der Waals surface area contributed by atoms with Crippen LogP contribution in [0.3, 0.4) is 0 Å². The molecule has 8 rings (SSSR count). The van der Waals surface area contributed by atoms with Crippen LogP contribution in [0.15, 0.2) is 30.5 Å². The molecule has 0 spiro atoms. The van der Waals surface area contributed by atoms with Crippen LogP contribution in [0.2, 0.25) is 0 Å². The standard InChI is InChI=1S/C33H34F3N5O2/c1-2-23-26(35)9-4-18-12-22(42)13-24(27(18)23)29-28(36)30-25(15-37-29)31(41-20-5-6-21(41)8-7-20)39-32(38-30)43-17-33-10-3-11-40(33)16-19(34)14-33/h4,9,12-13,15,19-21,42H,2-3,5-8,10-11,14,16-17H2,1H3/t19-,20?,21?,33+/m1/s1. The van der Waals surface area contributed by atoms with Gasteiger partial charge in [-0.15, -0.1) is 0 Å². The van der Waals surface area contributed by atoms with E-state index in [9.17, 15) is 13.9 Å². The van der Waals surface area contributed by atoms with Crippen LogP contribution in [0.1, 0.15) is 57.4 Å². The van der Waals surface area contributed by atoms with Crippen molar-refractivity contribution in [2.75, 3.05) is 24.6 Å². The summed E-state index contributed by atoms with van der Waals surface area (Å²) in [6.07, 6.45) is 7.53. The highest BCUT2D eigenvalue weighted by Crippen LogP contribution is 2.45. The molecular formula is C33H34F3N5O2. The molecule has 0 amide bonds. The number of hydrogen-bond donors (Lipinski definition) is 1. The molecule has 6 heterocycles. The largest absolute Gasteiger partial charge is 0.508 e. The highest BCUT2D eigenvalue weighted by molar-refractivity contribution is 6.01. The molecule has 2 bridgehead atoms. The number of hydrogen-bond acceptors (Lipinski definition) is 7. The predicted octanol–water partition coefficient (Wildman–Crippen LogP) is 6.48. The van der Waals surface area contributed by atoms with E-state index < -0.39 is 23.3 Å². The highest BCUT2D eigenvalue weighted by atomic mass is 19.1. The number of alkyl halides is 1. The Kier molecular flexibility index (Phi) is 6.22. The van der Waals surface area contributed by atoms with Crippen molar-refractivity contribution in [1.29, 1.82) is 0 Å². The fraction of sp³-hybridized carbons (Fsp3) is 0.485. The molecule has 43 heavy (non-hydrogen) atoms. The van der Waals surface area contributed by atoms with Crippen molar-refractivity contribution in [2.45, 2.75) is 82.1 Å². The Morgan fingerprint density at radius 1 is 1.09 bits per heavy atom. The summed E-state index contributed by atoms with van der Waals surface area (Å²) in [6.45, 7) is 3.33. The molecule has 4 fully saturated rings. The lowest BCUT2D eigenvalue weighted by Crippen LogP contribution is -2.43. The summed E-state index contributed by atoms with van der Waals surface area (Å²) >= 11 is 0. The summed E-state index contributed by atoms with van der Waals surface area (Å²) in [5, 5.41) is 12.1. The molecule has 0 radical (unpaired) electrons. The van der Waals surface area contributed by atoms with Gasteiger partial charge in [0.1, 0.15) is 41.4 Å². The number of fused-ring (bicyclic) bond motifs is 5. The zero-order valence-electron chi connectivity index (χ0n) is 24.1. The van der Waals surface area contributed by atoms with Crippen molar-refractivity contribution in [3.8, 4) is 23.0 Å². The van der Waals surface area contributed by atoms with Gasteiger partial charge in [-0.05, 0) is 86.0 Å². The van der Waals surface area contributed by atoms with Gasteiger partial charge in [-0.2, -0.15) is 9.97 Å². The SMILES string of the molecule is CCc1c(F)ccc2cc(O)cc(-c3ncc4c(N5C6CCC5CC6)nc(OC[C@@]56CCCN5C[C@H](F)C6)nc4c3F)c12. The van der Waals surface area contributed by atoms with E-state index in [1.807, 2.05) is 6.92 Å². The van der Waals surface area contributed by atoms with Gasteiger partial charge in [-0.3, -0.25) is 9.88 Å². The van der Waals surface area contributed by atoms with Gasteiger partial charge >= 0.3 is 6.01 Å². The van der Waals surface area contributed by atoms with Crippen molar-refractivity contribution >= 4 is 27.5 Å². The van der Waals surface area contributed by atoms with Crippen molar-refractivity contribution in [1.82, 2.24) is 19.9 Å². The second-order valence-electron chi connectivity index (χ2n) is 12.7. The molecule has 0 unspecified atom stereocenters. The molecule has 7 nitrogen and oxygen atoms in total. The molecule has 0 aliphatic carbocycles. The molecule has 4 aromatic rings. The van der Waals surface area contributed by atoms with Crippen molar-refractivity contribution in [2.24, 2.45) is 0 Å². The van der Waals surface area contributed by atoms with Crippen LogP contribution in [0.4, 0.5) is 19.0 Å². The van der Waals surface area contributed by atoms with Crippen molar-refractivity contribution in [3.05, 3.63) is 47.7 Å². The molecule has 2 aromatic heterocycles. The molecule has 2 aromatic carbocycles. The summed E-state index contributed by atoms with van der Waals surface area (Å²) in [5.41, 5.74) is 0.379. The topological polar surface area (TPSA) is 74.6 Å². The van der Waals surface area contributed by atoms with E-state index in [1.165, 1.54) is 12.1 Å². The van der Waals surface area contributed by atoms with Gasteiger partial charge < -0.3 is 14.7 Å². The first-order valence-corrected chi connectivity index (χ1v) is 15.5. The lowest BCUT2D eigenvalue weighted by atomic mass is 9.94. The quantitative estimate of drug-likeness (QED) is 0.276. The van der Waals surface area contributed by atoms with Gasteiger partial charge in [0, 0.05) is 36.8 Å². The number of halogens is 3. The minimum atomic E-state index is -0.891. The minimum absolute atomic E-state index is 0.0229. The first kappa shape index (κ1) is 26.9. The third-order valence-electron chi connectivity index (χ3n) is 10.3. The van der Waals surface area contributed by atoms with Crippen molar-refractivity contribution < 1.29 is 23.0 Å². The molecular weight excluding hydrogens is 555 g/mol. The number of rotatable bonds is 6. The van der Waals surface area contributed by atoms with Gasteiger partial charge in [-0.25, -0.2) is 13.2 Å².